The first kappa shape index (κ1) is 15.4. The molecule has 1 amide bonds. The number of amides is 1. The summed E-state index contributed by atoms with van der Waals surface area (Å²) in [5.74, 6) is 0.474. The second kappa shape index (κ2) is 6.09. The number of hydrogen-bond acceptors (Lipinski definition) is 3. The Morgan fingerprint density at radius 1 is 1.25 bits per heavy atom. The molecule has 24 heavy (non-hydrogen) atoms. The van der Waals surface area contributed by atoms with E-state index in [4.69, 9.17) is 4.74 Å². The Bertz CT molecular complexity index is 813. The summed E-state index contributed by atoms with van der Waals surface area (Å²) < 4.78 is 8.64. The van der Waals surface area contributed by atoms with E-state index in [1.807, 2.05) is 29.2 Å². The van der Waals surface area contributed by atoms with E-state index in [1.54, 1.807) is 16.2 Å². The van der Waals surface area contributed by atoms with E-state index in [9.17, 15) is 9.59 Å². The molecule has 0 radical (unpaired) electrons. The van der Waals surface area contributed by atoms with Crippen molar-refractivity contribution in [3.8, 4) is 0 Å². The first-order valence-corrected chi connectivity index (χ1v) is 8.66. The summed E-state index contributed by atoms with van der Waals surface area (Å²) in [5.41, 5.74) is 1.54. The number of carbonyl (C=O) groups is 1. The van der Waals surface area contributed by atoms with Crippen LogP contribution in [-0.4, -0.2) is 45.7 Å². The van der Waals surface area contributed by atoms with Crippen molar-refractivity contribution in [3.05, 3.63) is 34.7 Å². The van der Waals surface area contributed by atoms with Gasteiger partial charge in [0.05, 0.1) is 17.6 Å². The third-order valence-electron chi connectivity index (χ3n) is 5.13. The maximum Gasteiger partial charge on any atom is 0.329 e. The lowest BCUT2D eigenvalue weighted by molar-refractivity contribution is -0.133. The molecule has 1 saturated carbocycles. The van der Waals surface area contributed by atoms with Gasteiger partial charge in [0.25, 0.3) is 0 Å². The fraction of sp³-hybridized carbons (Fsp3) is 0.556. The van der Waals surface area contributed by atoms with Crippen LogP contribution in [0, 0.1) is 5.92 Å². The molecule has 2 heterocycles. The van der Waals surface area contributed by atoms with Gasteiger partial charge in [-0.2, -0.15) is 0 Å². The van der Waals surface area contributed by atoms with Crippen LogP contribution in [0.5, 0.6) is 0 Å². The van der Waals surface area contributed by atoms with Crippen molar-refractivity contribution in [3.63, 3.8) is 0 Å². The molecule has 2 aromatic rings. The molecule has 0 spiro atoms. The van der Waals surface area contributed by atoms with E-state index in [0.29, 0.717) is 12.0 Å². The zero-order chi connectivity index (χ0) is 16.7. The number of para-hydroxylation sites is 2. The Labute approximate surface area is 140 Å². The third kappa shape index (κ3) is 2.75. The molecule has 1 aromatic carbocycles. The van der Waals surface area contributed by atoms with Crippen molar-refractivity contribution in [2.24, 2.45) is 13.0 Å². The summed E-state index contributed by atoms with van der Waals surface area (Å²) in [6, 6.07) is 7.97. The molecule has 1 aromatic heterocycles. The highest BCUT2D eigenvalue weighted by Crippen LogP contribution is 2.29. The van der Waals surface area contributed by atoms with Gasteiger partial charge in [0, 0.05) is 32.2 Å². The van der Waals surface area contributed by atoms with Crippen LogP contribution >= 0.6 is 0 Å². The molecule has 1 aliphatic heterocycles. The predicted octanol–water partition coefficient (Wildman–Crippen LogP) is 1.37. The van der Waals surface area contributed by atoms with Crippen LogP contribution in [0.15, 0.2) is 29.1 Å². The van der Waals surface area contributed by atoms with Crippen molar-refractivity contribution >= 4 is 16.9 Å². The van der Waals surface area contributed by atoms with Crippen molar-refractivity contribution in [1.29, 1.82) is 0 Å². The van der Waals surface area contributed by atoms with Crippen LogP contribution in [0.1, 0.15) is 19.3 Å². The number of aryl methyl sites for hydroxylation is 1. The monoisotopic (exact) mass is 329 g/mol. The van der Waals surface area contributed by atoms with Crippen LogP contribution in [-0.2, 0) is 23.1 Å². The van der Waals surface area contributed by atoms with Crippen molar-refractivity contribution in [2.45, 2.75) is 31.8 Å². The molecule has 4 rings (SSSR count). The van der Waals surface area contributed by atoms with E-state index in [0.717, 1.165) is 50.1 Å². The van der Waals surface area contributed by atoms with Crippen molar-refractivity contribution < 1.29 is 9.53 Å². The second-order valence-electron chi connectivity index (χ2n) is 6.92. The first-order chi connectivity index (χ1) is 11.6. The second-order valence-corrected chi connectivity index (χ2v) is 6.92. The zero-order valence-corrected chi connectivity index (χ0v) is 14.0. The molecule has 2 fully saturated rings. The molecule has 6 heteroatoms. The minimum absolute atomic E-state index is 0.0443. The molecule has 2 aliphatic rings. The summed E-state index contributed by atoms with van der Waals surface area (Å²) in [6.07, 6.45) is 3.16. The highest BCUT2D eigenvalue weighted by molar-refractivity contribution is 5.81. The van der Waals surface area contributed by atoms with Gasteiger partial charge in [-0.05, 0) is 31.4 Å². The molecule has 1 aliphatic carbocycles. The van der Waals surface area contributed by atoms with E-state index in [1.165, 1.54) is 0 Å². The number of ether oxygens (including phenoxy) is 1. The lowest BCUT2D eigenvalue weighted by Crippen LogP contribution is -2.41. The maximum absolute atomic E-state index is 12.9. The van der Waals surface area contributed by atoms with Gasteiger partial charge in [-0.1, -0.05) is 12.1 Å². The van der Waals surface area contributed by atoms with Gasteiger partial charge in [-0.3, -0.25) is 13.9 Å². The van der Waals surface area contributed by atoms with E-state index >= 15 is 0 Å². The average molecular weight is 329 g/mol. The highest BCUT2D eigenvalue weighted by Gasteiger charge is 2.35. The van der Waals surface area contributed by atoms with E-state index in [2.05, 4.69) is 0 Å². The van der Waals surface area contributed by atoms with Crippen LogP contribution in [0.3, 0.4) is 0 Å². The number of aromatic nitrogens is 2. The first-order valence-electron chi connectivity index (χ1n) is 8.66. The number of imidazole rings is 1. The third-order valence-corrected chi connectivity index (χ3v) is 5.13. The lowest BCUT2D eigenvalue weighted by Gasteiger charge is -2.25. The molecule has 1 saturated heterocycles. The number of benzene rings is 1. The van der Waals surface area contributed by atoms with Gasteiger partial charge in [0.2, 0.25) is 5.91 Å². The molecule has 1 atom stereocenters. The number of nitrogens with zero attached hydrogens (tertiary/aromatic N) is 3. The minimum Gasteiger partial charge on any atom is -0.381 e. The van der Waals surface area contributed by atoms with Gasteiger partial charge >= 0.3 is 5.69 Å². The van der Waals surface area contributed by atoms with Gasteiger partial charge in [0.1, 0.15) is 6.54 Å². The molecule has 0 N–H and O–H groups in total. The predicted molar refractivity (Wildman–Crippen MR) is 90.8 cm³/mol. The molecule has 6 nitrogen and oxygen atoms in total. The smallest absolute Gasteiger partial charge is 0.329 e. The van der Waals surface area contributed by atoms with E-state index < -0.39 is 0 Å². The largest absolute Gasteiger partial charge is 0.381 e. The lowest BCUT2D eigenvalue weighted by atomic mass is 10.1. The summed E-state index contributed by atoms with van der Waals surface area (Å²) >= 11 is 0. The molecule has 1 unspecified atom stereocenters. The normalized spacial score (nSPS) is 20.6. The average Bonchev–Trinajstić information content (AvgIpc) is 3.25. The van der Waals surface area contributed by atoms with Gasteiger partial charge in [-0.15, -0.1) is 0 Å². The minimum atomic E-state index is -0.135. The topological polar surface area (TPSA) is 56.5 Å². The fourth-order valence-corrected chi connectivity index (χ4v) is 3.59. The number of fused-ring (bicyclic) bond motifs is 1. The van der Waals surface area contributed by atoms with E-state index in [-0.39, 0.29) is 18.1 Å². The number of carbonyl (C=O) groups excluding carboxylic acids is 1. The standard InChI is InChI=1S/C18H23N3O3/c1-19-15-4-2-3-5-16(15)21(18(19)23)11-17(22)20(14-6-7-14)10-13-8-9-24-12-13/h2-5,13-14H,6-12H2,1H3. The summed E-state index contributed by atoms with van der Waals surface area (Å²) in [7, 11) is 1.75. The fourth-order valence-electron chi connectivity index (χ4n) is 3.59. The Kier molecular flexibility index (Phi) is 3.92. The van der Waals surface area contributed by atoms with Crippen LogP contribution < -0.4 is 5.69 Å². The van der Waals surface area contributed by atoms with Crippen molar-refractivity contribution in [1.82, 2.24) is 14.0 Å². The van der Waals surface area contributed by atoms with Gasteiger partial charge in [0.15, 0.2) is 0 Å². The van der Waals surface area contributed by atoms with Crippen LogP contribution in [0.2, 0.25) is 0 Å². The maximum atomic E-state index is 12.9. The molecule has 128 valence electrons. The van der Waals surface area contributed by atoms with Gasteiger partial charge in [-0.25, -0.2) is 4.79 Å². The SMILES string of the molecule is Cn1c(=O)n(CC(=O)N(CC2CCOC2)C2CC2)c2ccccc21. The molecular formula is C18H23N3O3. The Morgan fingerprint density at radius 3 is 2.67 bits per heavy atom. The molecule has 0 bridgehead atoms. The summed E-state index contributed by atoms with van der Waals surface area (Å²) in [4.78, 5) is 27.4. The number of rotatable bonds is 5. The zero-order valence-electron chi connectivity index (χ0n) is 14.0. The molecular weight excluding hydrogens is 306 g/mol. The van der Waals surface area contributed by atoms with Crippen LogP contribution in [0.4, 0.5) is 0 Å². The Hall–Kier alpha value is -2.08. The highest BCUT2D eigenvalue weighted by atomic mass is 16.5. The van der Waals surface area contributed by atoms with Crippen molar-refractivity contribution in [2.75, 3.05) is 19.8 Å². The summed E-state index contributed by atoms with van der Waals surface area (Å²) in [5, 5.41) is 0. The van der Waals surface area contributed by atoms with Gasteiger partial charge < -0.3 is 9.64 Å². The Balaban J connectivity index is 1.58. The Morgan fingerprint density at radius 2 is 2.00 bits per heavy atom. The quantitative estimate of drug-likeness (QED) is 0.832. The van der Waals surface area contributed by atoms with Crippen LogP contribution in [0.25, 0.3) is 11.0 Å². The summed E-state index contributed by atoms with van der Waals surface area (Å²) in [6.45, 7) is 2.40. The number of hydrogen-bond donors (Lipinski definition) is 0.